The van der Waals surface area contributed by atoms with E-state index in [1.54, 1.807) is 22.7 Å². The molecule has 0 aliphatic carbocycles. The molecule has 0 radical (unpaired) electrons. The monoisotopic (exact) mass is 732 g/mol. The molecule has 4 nitrogen and oxygen atoms in total. The van der Waals surface area contributed by atoms with Crippen molar-refractivity contribution in [3.63, 3.8) is 0 Å². The highest BCUT2D eigenvalue weighted by molar-refractivity contribution is 7.17. The molecule has 4 aromatic rings. The number of fused-ring (bicyclic) bond motifs is 1. The lowest BCUT2D eigenvalue weighted by atomic mass is 10.1. The van der Waals surface area contributed by atoms with Crippen molar-refractivity contribution in [1.29, 1.82) is 0 Å². The van der Waals surface area contributed by atoms with Crippen molar-refractivity contribution in [1.82, 2.24) is 9.80 Å². The van der Waals surface area contributed by atoms with Crippen molar-refractivity contribution in [3.8, 4) is 20.9 Å². The highest BCUT2D eigenvalue weighted by atomic mass is 32.1. The fourth-order valence-electron chi connectivity index (χ4n) is 7.59. The lowest BCUT2D eigenvalue weighted by Gasteiger charge is -2.24. The van der Waals surface area contributed by atoms with Crippen molar-refractivity contribution in [2.45, 2.75) is 117 Å². The Hall–Kier alpha value is -3.74. The second kappa shape index (κ2) is 19.4. The minimum atomic E-state index is -0.0148. The summed E-state index contributed by atoms with van der Waals surface area (Å²) in [6, 6.07) is 29.4. The Morgan fingerprint density at radius 2 is 0.731 bits per heavy atom. The third-order valence-corrected chi connectivity index (χ3v) is 12.7. The Labute approximate surface area is 320 Å². The summed E-state index contributed by atoms with van der Waals surface area (Å²) >= 11 is 3.37. The highest BCUT2D eigenvalue weighted by Crippen LogP contribution is 2.50. The molecule has 2 amide bonds. The number of carbonyl (C=O) groups excluding carboxylic acids is 2. The first-order chi connectivity index (χ1) is 25.6. The number of nitrogens with zero attached hydrogens (tertiary/aromatic N) is 2. The van der Waals surface area contributed by atoms with Gasteiger partial charge >= 0.3 is 0 Å². The molecular formula is C46H56N2O2S2. The summed E-state index contributed by atoms with van der Waals surface area (Å²) in [5, 5.41) is 0. The quantitative estimate of drug-likeness (QED) is 0.0755. The van der Waals surface area contributed by atoms with Gasteiger partial charge in [-0.1, -0.05) is 164 Å². The predicted molar refractivity (Wildman–Crippen MR) is 222 cm³/mol. The van der Waals surface area contributed by atoms with Crippen molar-refractivity contribution >= 4 is 45.9 Å². The molecule has 0 fully saturated rings. The van der Waals surface area contributed by atoms with Crippen molar-refractivity contribution in [2.24, 2.45) is 0 Å². The lowest BCUT2D eigenvalue weighted by Crippen LogP contribution is -2.30. The maximum absolute atomic E-state index is 14.8. The summed E-state index contributed by atoms with van der Waals surface area (Å²) in [4.78, 5) is 37.8. The van der Waals surface area contributed by atoms with Crippen LogP contribution in [0.3, 0.4) is 0 Å². The molecule has 0 atom stereocenters. The smallest absolute Gasteiger partial charge is 0.261 e. The van der Waals surface area contributed by atoms with Crippen LogP contribution in [0.2, 0.25) is 0 Å². The largest absolute Gasteiger partial charge is 0.306 e. The molecular weight excluding hydrogens is 677 g/mol. The van der Waals surface area contributed by atoms with E-state index in [2.05, 4.69) is 86.6 Å². The molecule has 6 rings (SSSR count). The van der Waals surface area contributed by atoms with E-state index in [4.69, 9.17) is 0 Å². The van der Waals surface area contributed by atoms with Gasteiger partial charge in [0.1, 0.15) is 0 Å². The Bertz CT molecular complexity index is 1680. The second-order valence-corrected chi connectivity index (χ2v) is 16.5. The summed E-state index contributed by atoms with van der Waals surface area (Å²) in [7, 11) is 0. The first kappa shape index (κ1) is 38.0. The maximum atomic E-state index is 14.8. The number of hydrogen-bond donors (Lipinski definition) is 0. The van der Waals surface area contributed by atoms with Crippen molar-refractivity contribution < 1.29 is 9.59 Å². The lowest BCUT2D eigenvalue weighted by molar-refractivity contribution is -0.124. The van der Waals surface area contributed by atoms with Crippen LogP contribution in [0.5, 0.6) is 0 Å². The number of unbranched alkanes of at least 4 members (excludes halogenated alkanes) is 14. The van der Waals surface area contributed by atoms with E-state index in [0.717, 1.165) is 67.7 Å². The number of hydrogen-bond acceptors (Lipinski definition) is 4. The molecule has 0 N–H and O–H groups in total. The Morgan fingerprint density at radius 1 is 0.404 bits per heavy atom. The van der Waals surface area contributed by atoms with Crippen LogP contribution in [0.1, 0.15) is 126 Å². The molecule has 2 aromatic carbocycles. The number of thiophene rings is 2. The van der Waals surface area contributed by atoms with Gasteiger partial charge in [0, 0.05) is 22.8 Å². The number of rotatable bonds is 22. The van der Waals surface area contributed by atoms with Crippen LogP contribution < -0.4 is 0 Å². The van der Waals surface area contributed by atoms with Crippen LogP contribution in [-0.4, -0.2) is 34.7 Å². The molecule has 0 saturated heterocycles. The Kier molecular flexibility index (Phi) is 14.2. The van der Waals surface area contributed by atoms with Gasteiger partial charge in [-0.2, -0.15) is 0 Å². The van der Waals surface area contributed by atoms with E-state index < -0.39 is 0 Å². The molecule has 0 bridgehead atoms. The molecule has 2 aliphatic rings. The van der Waals surface area contributed by atoms with Crippen molar-refractivity contribution in [2.75, 3.05) is 13.1 Å². The molecule has 52 heavy (non-hydrogen) atoms. The third kappa shape index (κ3) is 9.06. The minimum absolute atomic E-state index is 0.0148. The van der Waals surface area contributed by atoms with Crippen LogP contribution in [0.25, 0.3) is 32.3 Å². The van der Waals surface area contributed by atoms with Gasteiger partial charge in [-0.05, 0) is 48.2 Å². The van der Waals surface area contributed by atoms with Gasteiger partial charge in [0.15, 0.2) is 0 Å². The predicted octanol–water partition coefficient (Wildman–Crippen LogP) is 13.2. The molecule has 274 valence electrons. The van der Waals surface area contributed by atoms with Gasteiger partial charge in [-0.25, -0.2) is 0 Å². The SMILES string of the molecule is CCCCCCCCCCN1C(=O)C2=C(c3ccc(-c4ccccc4)s3)N(CCCCCCCCCC)C(=O)C2=C1c1ccc(-c2ccccc2)s1. The molecule has 2 aliphatic heterocycles. The van der Waals surface area contributed by atoms with Crippen LogP contribution in [-0.2, 0) is 9.59 Å². The summed E-state index contributed by atoms with van der Waals surface area (Å²) in [6.45, 7) is 5.78. The van der Waals surface area contributed by atoms with Gasteiger partial charge < -0.3 is 9.80 Å². The Morgan fingerprint density at radius 3 is 1.10 bits per heavy atom. The van der Waals surface area contributed by atoms with E-state index in [1.165, 1.54) is 77.0 Å². The highest BCUT2D eigenvalue weighted by Gasteiger charge is 2.49. The molecule has 0 spiro atoms. The summed E-state index contributed by atoms with van der Waals surface area (Å²) in [6.07, 6.45) is 19.2. The topological polar surface area (TPSA) is 40.6 Å². The average Bonchev–Trinajstić information content (AvgIpc) is 3.97. The minimum Gasteiger partial charge on any atom is -0.306 e. The zero-order valence-corrected chi connectivity index (χ0v) is 33.0. The van der Waals surface area contributed by atoms with Gasteiger partial charge in [-0.15, -0.1) is 22.7 Å². The van der Waals surface area contributed by atoms with Crippen LogP contribution in [0.4, 0.5) is 0 Å². The molecule has 0 unspecified atom stereocenters. The average molecular weight is 733 g/mol. The van der Waals surface area contributed by atoms with E-state index in [1.807, 2.05) is 21.9 Å². The summed E-state index contributed by atoms with van der Waals surface area (Å²) in [5.74, 6) is -0.0296. The Balaban J connectivity index is 1.32. The third-order valence-electron chi connectivity index (χ3n) is 10.4. The van der Waals surface area contributed by atoms with E-state index in [0.29, 0.717) is 24.2 Å². The fourth-order valence-corrected chi connectivity index (χ4v) is 9.73. The van der Waals surface area contributed by atoms with E-state index in [9.17, 15) is 9.59 Å². The van der Waals surface area contributed by atoms with Crippen LogP contribution >= 0.6 is 22.7 Å². The molecule has 6 heteroatoms. The number of benzene rings is 2. The zero-order valence-electron chi connectivity index (χ0n) is 31.3. The first-order valence-corrected chi connectivity index (χ1v) is 21.7. The second-order valence-electron chi connectivity index (χ2n) is 14.4. The standard InChI is InChI=1S/C46H56N2O2S2/c1-3-5-7-9-11-13-15-23-33-47-43(39-31-29-37(51-39)35-25-19-17-20-26-35)41-42(45(47)49)44(40-32-30-38(52-40)36-27-21-18-22-28-36)48(46(41)50)34-24-16-14-12-10-8-6-4-2/h17-22,25-32H,3-16,23-24,33-34H2,1-2H3. The number of amides is 2. The van der Waals surface area contributed by atoms with Crippen LogP contribution in [0, 0.1) is 0 Å². The van der Waals surface area contributed by atoms with Gasteiger partial charge in [-0.3, -0.25) is 9.59 Å². The van der Waals surface area contributed by atoms with Gasteiger partial charge in [0.2, 0.25) is 0 Å². The van der Waals surface area contributed by atoms with Crippen LogP contribution in [0.15, 0.2) is 96.1 Å². The zero-order chi connectivity index (χ0) is 36.1. The normalized spacial score (nSPS) is 14.4. The van der Waals surface area contributed by atoms with E-state index >= 15 is 0 Å². The van der Waals surface area contributed by atoms with E-state index in [-0.39, 0.29) is 11.8 Å². The molecule has 2 aromatic heterocycles. The molecule has 0 saturated carbocycles. The van der Waals surface area contributed by atoms with Gasteiger partial charge in [0.25, 0.3) is 11.8 Å². The summed E-state index contributed by atoms with van der Waals surface area (Å²) in [5.41, 5.74) is 5.15. The summed E-state index contributed by atoms with van der Waals surface area (Å²) < 4.78 is 0. The maximum Gasteiger partial charge on any atom is 0.261 e. The van der Waals surface area contributed by atoms with Gasteiger partial charge in [0.05, 0.1) is 32.3 Å². The first-order valence-electron chi connectivity index (χ1n) is 20.1. The van der Waals surface area contributed by atoms with Crippen molar-refractivity contribution in [3.05, 3.63) is 106 Å². The molecule has 4 heterocycles. The fraction of sp³-hybridized carbons (Fsp3) is 0.435. The number of carbonyl (C=O) groups is 2.